The highest BCUT2D eigenvalue weighted by Gasteiger charge is 2.18. The van der Waals surface area contributed by atoms with Crippen molar-refractivity contribution in [3.8, 4) is 0 Å². The van der Waals surface area contributed by atoms with Crippen LogP contribution in [0.1, 0.15) is 32.0 Å². The second kappa shape index (κ2) is 6.20. The number of aromatic nitrogens is 1. The molecular weight excluding hydrogens is 304 g/mol. The Labute approximate surface area is 139 Å². The molecule has 1 aromatic heterocycles. The number of anilines is 1. The molecule has 0 aliphatic heterocycles. The van der Waals surface area contributed by atoms with Gasteiger partial charge in [-0.2, -0.15) is 0 Å². The van der Waals surface area contributed by atoms with Gasteiger partial charge in [0.1, 0.15) is 5.69 Å². The van der Waals surface area contributed by atoms with Crippen molar-refractivity contribution in [3.63, 3.8) is 0 Å². The second-order valence-electron chi connectivity index (χ2n) is 5.67. The fourth-order valence-corrected chi connectivity index (χ4v) is 2.73. The molecule has 0 radical (unpaired) electrons. The van der Waals surface area contributed by atoms with E-state index in [-0.39, 0.29) is 5.91 Å². The topological polar surface area (TPSA) is 71.2 Å². The predicted molar refractivity (Wildman–Crippen MR) is 93.5 cm³/mol. The number of rotatable bonds is 3. The van der Waals surface area contributed by atoms with Crippen molar-refractivity contribution >= 4 is 28.5 Å². The molecule has 1 heterocycles. The van der Waals surface area contributed by atoms with Crippen LogP contribution in [-0.2, 0) is 4.74 Å². The molecule has 0 aliphatic carbocycles. The van der Waals surface area contributed by atoms with Crippen LogP contribution in [0.3, 0.4) is 0 Å². The molecule has 0 saturated heterocycles. The molecule has 0 spiro atoms. The molecule has 24 heavy (non-hydrogen) atoms. The van der Waals surface area contributed by atoms with Gasteiger partial charge < -0.3 is 15.0 Å². The van der Waals surface area contributed by atoms with Crippen LogP contribution in [0.5, 0.6) is 0 Å². The number of hydrogen-bond acceptors (Lipinski definition) is 3. The number of fused-ring (bicyclic) bond motifs is 1. The van der Waals surface area contributed by atoms with Crippen LogP contribution in [0.2, 0.25) is 0 Å². The average molecular weight is 322 g/mol. The number of carbonyl (C=O) groups is 2. The van der Waals surface area contributed by atoms with Crippen molar-refractivity contribution in [2.24, 2.45) is 0 Å². The molecule has 0 atom stereocenters. The number of H-pyrrole nitrogens is 1. The zero-order chi connectivity index (χ0) is 17.3. The number of nitrogens with one attached hydrogen (secondary N) is 2. The van der Waals surface area contributed by atoms with E-state index in [9.17, 15) is 9.59 Å². The number of esters is 1. The number of ether oxygens (including phenoxy) is 1. The Hall–Kier alpha value is -3.08. The Morgan fingerprint density at radius 3 is 2.58 bits per heavy atom. The number of hydrogen-bond donors (Lipinski definition) is 2. The van der Waals surface area contributed by atoms with Crippen LogP contribution in [0, 0.1) is 13.8 Å². The molecule has 2 aromatic carbocycles. The smallest absolute Gasteiger partial charge is 0.339 e. The van der Waals surface area contributed by atoms with Crippen LogP contribution in [0.25, 0.3) is 10.9 Å². The fraction of sp³-hybridized carbons (Fsp3) is 0.158. The molecule has 0 bridgehead atoms. The quantitative estimate of drug-likeness (QED) is 0.720. The molecule has 1 amide bonds. The summed E-state index contributed by atoms with van der Waals surface area (Å²) in [7, 11) is 1.31. The summed E-state index contributed by atoms with van der Waals surface area (Å²) in [4.78, 5) is 27.6. The van der Waals surface area contributed by atoms with Gasteiger partial charge in [0.15, 0.2) is 0 Å². The van der Waals surface area contributed by atoms with Gasteiger partial charge in [0.25, 0.3) is 5.91 Å². The maximum absolute atomic E-state index is 12.7. The summed E-state index contributed by atoms with van der Waals surface area (Å²) in [6, 6.07) is 12.8. The van der Waals surface area contributed by atoms with E-state index in [0.717, 1.165) is 22.0 Å². The summed E-state index contributed by atoms with van der Waals surface area (Å²) in [6.07, 6.45) is 0. The number of amides is 1. The first-order valence-corrected chi connectivity index (χ1v) is 7.59. The average Bonchev–Trinajstić information content (AvgIpc) is 2.91. The molecule has 5 heteroatoms. The van der Waals surface area contributed by atoms with Gasteiger partial charge in [0, 0.05) is 10.9 Å². The van der Waals surface area contributed by atoms with E-state index in [2.05, 4.69) is 10.3 Å². The second-order valence-corrected chi connectivity index (χ2v) is 5.67. The molecule has 0 saturated carbocycles. The van der Waals surface area contributed by atoms with Crippen molar-refractivity contribution in [3.05, 3.63) is 64.8 Å². The van der Waals surface area contributed by atoms with Gasteiger partial charge in [0.05, 0.1) is 18.4 Å². The maximum atomic E-state index is 12.7. The van der Waals surface area contributed by atoms with Crippen molar-refractivity contribution in [2.75, 3.05) is 12.4 Å². The van der Waals surface area contributed by atoms with Gasteiger partial charge in [-0.05, 0) is 43.7 Å². The predicted octanol–water partition coefficient (Wildman–Crippen LogP) is 3.82. The highest BCUT2D eigenvalue weighted by atomic mass is 16.5. The Kier molecular flexibility index (Phi) is 4.08. The van der Waals surface area contributed by atoms with Crippen molar-refractivity contribution in [2.45, 2.75) is 13.8 Å². The first-order chi connectivity index (χ1) is 11.5. The van der Waals surface area contributed by atoms with Crippen LogP contribution in [0.15, 0.2) is 42.5 Å². The number of aromatic amines is 1. The molecule has 2 N–H and O–H groups in total. The van der Waals surface area contributed by atoms with E-state index >= 15 is 0 Å². The highest BCUT2D eigenvalue weighted by Crippen LogP contribution is 2.24. The van der Waals surface area contributed by atoms with Gasteiger partial charge in [0.2, 0.25) is 0 Å². The molecule has 0 aliphatic rings. The minimum Gasteiger partial charge on any atom is -0.465 e. The highest BCUT2D eigenvalue weighted by molar-refractivity contribution is 6.10. The lowest BCUT2D eigenvalue weighted by Crippen LogP contribution is -2.16. The molecule has 0 unspecified atom stereocenters. The standard InChI is InChI=1S/C19H18N2O3/c1-11-8-9-16-14(10-11)12(2)17(20-16)18(22)21-15-7-5-4-6-13(15)19(23)24-3/h4-10,20H,1-3H3,(H,21,22). The van der Waals surface area contributed by atoms with E-state index in [1.54, 1.807) is 24.3 Å². The zero-order valence-corrected chi connectivity index (χ0v) is 13.8. The Morgan fingerprint density at radius 1 is 1.08 bits per heavy atom. The molecule has 0 fully saturated rings. The summed E-state index contributed by atoms with van der Waals surface area (Å²) in [5.74, 6) is -0.785. The largest absolute Gasteiger partial charge is 0.465 e. The lowest BCUT2D eigenvalue weighted by molar-refractivity contribution is 0.0602. The van der Waals surface area contributed by atoms with Crippen LogP contribution in [-0.4, -0.2) is 24.0 Å². The first kappa shape index (κ1) is 15.8. The first-order valence-electron chi connectivity index (χ1n) is 7.59. The fourth-order valence-electron chi connectivity index (χ4n) is 2.73. The molecular formula is C19H18N2O3. The van der Waals surface area contributed by atoms with E-state index in [0.29, 0.717) is 16.9 Å². The van der Waals surface area contributed by atoms with Gasteiger partial charge >= 0.3 is 5.97 Å². The third-order valence-electron chi connectivity index (χ3n) is 4.02. The normalized spacial score (nSPS) is 10.6. The van der Waals surface area contributed by atoms with Crippen LogP contribution in [0.4, 0.5) is 5.69 Å². The summed E-state index contributed by atoms with van der Waals surface area (Å²) in [5.41, 5.74) is 4.13. The van der Waals surface area contributed by atoms with Crippen molar-refractivity contribution in [1.82, 2.24) is 4.98 Å². The third kappa shape index (κ3) is 2.76. The zero-order valence-electron chi connectivity index (χ0n) is 13.8. The van der Waals surface area contributed by atoms with E-state index in [4.69, 9.17) is 4.74 Å². The van der Waals surface area contributed by atoms with Gasteiger partial charge in [-0.25, -0.2) is 4.79 Å². The van der Waals surface area contributed by atoms with Crippen molar-refractivity contribution in [1.29, 1.82) is 0 Å². The van der Waals surface area contributed by atoms with E-state index < -0.39 is 5.97 Å². The Balaban J connectivity index is 1.97. The maximum Gasteiger partial charge on any atom is 0.339 e. The summed E-state index contributed by atoms with van der Waals surface area (Å²) >= 11 is 0. The lowest BCUT2D eigenvalue weighted by atomic mass is 10.1. The van der Waals surface area contributed by atoms with Gasteiger partial charge in [-0.3, -0.25) is 4.79 Å². The SMILES string of the molecule is COC(=O)c1ccccc1NC(=O)c1[nH]c2ccc(C)cc2c1C. The number of carbonyl (C=O) groups excluding carboxylic acids is 2. The lowest BCUT2D eigenvalue weighted by Gasteiger charge is -2.09. The van der Waals surface area contributed by atoms with Gasteiger partial charge in [-0.1, -0.05) is 23.8 Å². The summed E-state index contributed by atoms with van der Waals surface area (Å²) in [6.45, 7) is 3.91. The van der Waals surface area contributed by atoms with Crippen LogP contribution >= 0.6 is 0 Å². The van der Waals surface area contributed by atoms with E-state index in [1.807, 2.05) is 32.0 Å². The Bertz CT molecular complexity index is 941. The number of aryl methyl sites for hydroxylation is 2. The summed E-state index contributed by atoms with van der Waals surface area (Å²) < 4.78 is 4.75. The number of benzene rings is 2. The molecule has 3 aromatic rings. The minimum absolute atomic E-state index is 0.294. The van der Waals surface area contributed by atoms with Gasteiger partial charge in [-0.15, -0.1) is 0 Å². The summed E-state index contributed by atoms with van der Waals surface area (Å²) in [5, 5.41) is 3.80. The number of para-hydroxylation sites is 1. The minimum atomic E-state index is -0.491. The van der Waals surface area contributed by atoms with E-state index in [1.165, 1.54) is 7.11 Å². The monoisotopic (exact) mass is 322 g/mol. The molecule has 122 valence electrons. The number of methoxy groups -OCH3 is 1. The Morgan fingerprint density at radius 2 is 1.83 bits per heavy atom. The van der Waals surface area contributed by atoms with Crippen molar-refractivity contribution < 1.29 is 14.3 Å². The van der Waals surface area contributed by atoms with Crippen LogP contribution < -0.4 is 5.32 Å². The molecule has 5 nitrogen and oxygen atoms in total. The third-order valence-corrected chi connectivity index (χ3v) is 4.02. The molecule has 3 rings (SSSR count).